The van der Waals surface area contributed by atoms with Crippen molar-refractivity contribution in [2.45, 2.75) is 20.0 Å². The standard InChI is InChI=1S/C24H21F3N6O4/c1-12-5-15(9-16(6-12)37-4)29-23-28-10-18(14-8-17(22(35)36)21(34)32(3)11-14)20(30-23)33-13(2)7-19(31-33)24(25,26)27/h5-11H,1-4H3,(H,35,36)(H,28,29,30). The van der Waals surface area contributed by atoms with E-state index >= 15 is 0 Å². The zero-order valence-corrected chi connectivity index (χ0v) is 20.1. The third-order valence-electron chi connectivity index (χ3n) is 5.41. The van der Waals surface area contributed by atoms with E-state index in [0.29, 0.717) is 11.4 Å². The predicted molar refractivity (Wildman–Crippen MR) is 128 cm³/mol. The van der Waals surface area contributed by atoms with E-state index in [1.165, 1.54) is 33.5 Å². The van der Waals surface area contributed by atoms with Gasteiger partial charge in [-0.2, -0.15) is 23.3 Å². The third-order valence-corrected chi connectivity index (χ3v) is 5.41. The molecule has 192 valence electrons. The Morgan fingerprint density at radius 1 is 1.14 bits per heavy atom. The van der Waals surface area contributed by atoms with E-state index in [2.05, 4.69) is 20.4 Å². The number of aryl methyl sites for hydroxylation is 3. The summed E-state index contributed by atoms with van der Waals surface area (Å²) in [5.41, 5.74) is -0.472. The molecule has 3 heterocycles. The second-order valence-electron chi connectivity index (χ2n) is 8.24. The number of carbonyl (C=O) groups is 1. The highest BCUT2D eigenvalue weighted by Crippen LogP contribution is 2.32. The highest BCUT2D eigenvalue weighted by atomic mass is 19.4. The number of carboxylic acid groups (broad SMARTS) is 1. The number of hydrogen-bond acceptors (Lipinski definition) is 7. The van der Waals surface area contributed by atoms with Gasteiger partial charge in [-0.15, -0.1) is 0 Å². The fourth-order valence-electron chi connectivity index (χ4n) is 3.70. The summed E-state index contributed by atoms with van der Waals surface area (Å²) in [5.74, 6) is -0.895. The van der Waals surface area contributed by atoms with Crippen molar-refractivity contribution in [3.63, 3.8) is 0 Å². The molecule has 0 saturated carbocycles. The summed E-state index contributed by atoms with van der Waals surface area (Å²) in [7, 11) is 2.88. The van der Waals surface area contributed by atoms with Crippen LogP contribution in [-0.2, 0) is 13.2 Å². The lowest BCUT2D eigenvalue weighted by Crippen LogP contribution is -2.24. The van der Waals surface area contributed by atoms with Gasteiger partial charge in [0.15, 0.2) is 11.5 Å². The molecule has 0 amide bonds. The molecule has 2 N–H and O–H groups in total. The molecule has 1 aromatic carbocycles. The van der Waals surface area contributed by atoms with Crippen LogP contribution in [0.5, 0.6) is 5.75 Å². The average molecular weight is 514 g/mol. The number of aromatic nitrogens is 5. The number of pyridine rings is 1. The molecular weight excluding hydrogens is 493 g/mol. The summed E-state index contributed by atoms with van der Waals surface area (Å²) < 4.78 is 47.5. The van der Waals surface area contributed by atoms with Gasteiger partial charge in [-0.3, -0.25) is 4.79 Å². The van der Waals surface area contributed by atoms with Crippen LogP contribution in [0.15, 0.2) is 47.5 Å². The first-order chi connectivity index (χ1) is 17.4. The molecule has 0 atom stereocenters. The maximum atomic E-state index is 13.4. The molecule has 10 nitrogen and oxygen atoms in total. The maximum Gasteiger partial charge on any atom is 0.435 e. The van der Waals surface area contributed by atoms with Crippen LogP contribution in [0, 0.1) is 13.8 Å². The smallest absolute Gasteiger partial charge is 0.435 e. The molecule has 0 unspecified atom stereocenters. The lowest BCUT2D eigenvalue weighted by atomic mass is 10.1. The summed E-state index contributed by atoms with van der Waals surface area (Å²) in [6, 6.07) is 7.29. The quantitative estimate of drug-likeness (QED) is 0.394. The van der Waals surface area contributed by atoms with Gasteiger partial charge in [-0.05, 0) is 43.7 Å². The van der Waals surface area contributed by atoms with Crippen LogP contribution in [-0.4, -0.2) is 42.5 Å². The van der Waals surface area contributed by atoms with E-state index in [1.807, 2.05) is 13.0 Å². The van der Waals surface area contributed by atoms with Crippen molar-refractivity contribution in [3.8, 4) is 22.7 Å². The summed E-state index contributed by atoms with van der Waals surface area (Å²) in [6.45, 7) is 3.28. The Kier molecular flexibility index (Phi) is 6.46. The largest absolute Gasteiger partial charge is 0.497 e. The molecule has 0 aliphatic rings. The number of carboxylic acids is 1. The Hall–Kier alpha value is -4.68. The number of rotatable bonds is 6. The number of nitrogens with zero attached hydrogens (tertiary/aromatic N) is 5. The molecule has 4 aromatic rings. The summed E-state index contributed by atoms with van der Waals surface area (Å²) >= 11 is 0. The number of hydrogen-bond donors (Lipinski definition) is 2. The second-order valence-corrected chi connectivity index (χ2v) is 8.24. The van der Waals surface area contributed by atoms with Gasteiger partial charge in [0.05, 0.1) is 7.11 Å². The first-order valence-electron chi connectivity index (χ1n) is 10.8. The van der Waals surface area contributed by atoms with Crippen LogP contribution in [0.3, 0.4) is 0 Å². The first kappa shape index (κ1) is 25.4. The van der Waals surface area contributed by atoms with Gasteiger partial charge < -0.3 is 19.7 Å². The zero-order valence-electron chi connectivity index (χ0n) is 20.1. The molecule has 3 aromatic heterocycles. The SMILES string of the molecule is COc1cc(C)cc(Nc2ncc(-c3cc(C(=O)O)c(=O)n(C)c3)c(-n3nc(C(F)(F)F)cc3C)n2)c1. The van der Waals surface area contributed by atoms with E-state index < -0.39 is 29.0 Å². The van der Waals surface area contributed by atoms with E-state index in [0.717, 1.165) is 26.9 Å². The molecule has 0 saturated heterocycles. The molecule has 0 fully saturated rings. The number of alkyl halides is 3. The lowest BCUT2D eigenvalue weighted by Gasteiger charge is -2.14. The fourth-order valence-corrected chi connectivity index (χ4v) is 3.70. The van der Waals surface area contributed by atoms with Crippen molar-refractivity contribution in [1.29, 1.82) is 0 Å². The van der Waals surface area contributed by atoms with Gasteiger partial charge in [0.1, 0.15) is 11.3 Å². The molecular formula is C24H21F3N6O4. The molecule has 0 spiro atoms. The van der Waals surface area contributed by atoms with Crippen molar-refractivity contribution in [3.05, 3.63) is 75.6 Å². The molecule has 0 radical (unpaired) electrons. The van der Waals surface area contributed by atoms with Gasteiger partial charge in [-0.1, -0.05) is 0 Å². The molecule has 0 aliphatic carbocycles. The Labute approximate surface area is 208 Å². The van der Waals surface area contributed by atoms with Crippen LogP contribution < -0.4 is 15.6 Å². The van der Waals surface area contributed by atoms with Crippen LogP contribution in [0.2, 0.25) is 0 Å². The second kappa shape index (κ2) is 9.41. The molecule has 0 bridgehead atoms. The highest BCUT2D eigenvalue weighted by Gasteiger charge is 2.35. The van der Waals surface area contributed by atoms with Gasteiger partial charge in [-0.25, -0.2) is 14.5 Å². The Morgan fingerprint density at radius 3 is 2.49 bits per heavy atom. The molecule has 37 heavy (non-hydrogen) atoms. The van der Waals surface area contributed by atoms with Crippen molar-refractivity contribution in [2.24, 2.45) is 7.05 Å². The molecule has 0 aliphatic heterocycles. The van der Waals surface area contributed by atoms with E-state index in [4.69, 9.17) is 4.74 Å². The van der Waals surface area contributed by atoms with Crippen molar-refractivity contribution >= 4 is 17.6 Å². The van der Waals surface area contributed by atoms with Crippen LogP contribution in [0.1, 0.15) is 27.3 Å². The van der Waals surface area contributed by atoms with Gasteiger partial charge in [0.25, 0.3) is 5.56 Å². The number of halogens is 3. The Bertz CT molecular complexity index is 1580. The van der Waals surface area contributed by atoms with Crippen LogP contribution in [0.4, 0.5) is 24.8 Å². The Morgan fingerprint density at radius 2 is 1.86 bits per heavy atom. The zero-order chi connectivity index (χ0) is 27.1. The van der Waals surface area contributed by atoms with Crippen LogP contribution >= 0.6 is 0 Å². The van der Waals surface area contributed by atoms with Crippen molar-refractivity contribution in [1.82, 2.24) is 24.3 Å². The molecule has 13 heteroatoms. The topological polar surface area (TPSA) is 124 Å². The third kappa shape index (κ3) is 5.15. The first-order valence-corrected chi connectivity index (χ1v) is 10.8. The van der Waals surface area contributed by atoms with Gasteiger partial charge >= 0.3 is 12.1 Å². The fraction of sp³-hybridized carbons (Fsp3) is 0.208. The van der Waals surface area contributed by atoms with Crippen LogP contribution in [0.25, 0.3) is 16.9 Å². The number of methoxy groups -OCH3 is 1. The van der Waals surface area contributed by atoms with Gasteiger partial charge in [0, 0.05) is 48.0 Å². The summed E-state index contributed by atoms with van der Waals surface area (Å²) in [4.78, 5) is 32.5. The highest BCUT2D eigenvalue weighted by molar-refractivity contribution is 5.89. The van der Waals surface area contributed by atoms with Crippen molar-refractivity contribution < 1.29 is 27.8 Å². The van der Waals surface area contributed by atoms with E-state index in [1.54, 1.807) is 12.1 Å². The number of anilines is 2. The average Bonchev–Trinajstić information content (AvgIpc) is 3.22. The minimum atomic E-state index is -4.70. The van der Waals surface area contributed by atoms with Gasteiger partial charge in [0.2, 0.25) is 5.95 Å². The summed E-state index contributed by atoms with van der Waals surface area (Å²) in [6.07, 6.45) is -2.04. The Balaban J connectivity index is 1.92. The minimum absolute atomic E-state index is 0.0399. The minimum Gasteiger partial charge on any atom is -0.497 e. The van der Waals surface area contributed by atoms with Crippen molar-refractivity contribution in [2.75, 3.05) is 12.4 Å². The van der Waals surface area contributed by atoms with E-state index in [9.17, 15) is 27.9 Å². The maximum absolute atomic E-state index is 13.4. The lowest BCUT2D eigenvalue weighted by molar-refractivity contribution is -0.141. The normalized spacial score (nSPS) is 11.4. The summed E-state index contributed by atoms with van der Waals surface area (Å²) in [5, 5.41) is 16.1. The van der Waals surface area contributed by atoms with E-state index in [-0.39, 0.29) is 28.6 Å². The number of benzene rings is 1. The monoisotopic (exact) mass is 514 g/mol. The number of ether oxygens (including phenoxy) is 1. The predicted octanol–water partition coefficient (Wildman–Crippen LogP) is 4.11. The molecule has 4 rings (SSSR count). The number of aromatic carboxylic acids is 1. The number of nitrogens with one attached hydrogen (secondary N) is 1.